The lowest BCUT2D eigenvalue weighted by atomic mass is 9.93. The number of hydrogen-bond acceptors (Lipinski definition) is 8. The molecule has 0 saturated heterocycles. The van der Waals surface area contributed by atoms with Crippen molar-refractivity contribution in [2.75, 3.05) is 18.6 Å². The molecule has 0 aliphatic heterocycles. The van der Waals surface area contributed by atoms with Gasteiger partial charge in [0, 0.05) is 17.3 Å². The lowest BCUT2D eigenvalue weighted by Gasteiger charge is -2.26. The molecule has 0 aliphatic carbocycles. The standard InChI is InChI=1S/C24H34N4O5/c1-16(2)14-24(6,25)15-32-18-10-8-17(9-11-18)19-12-13-26-20(27-19)28(21(29)31-7)22(30)33-23(3,4)5/h8-13,16H,14-15,25H2,1-7H3. The van der Waals surface area contributed by atoms with Gasteiger partial charge in [-0.05, 0) is 70.4 Å². The minimum Gasteiger partial charge on any atom is -0.492 e. The minimum absolute atomic E-state index is 0.151. The van der Waals surface area contributed by atoms with Crippen molar-refractivity contribution in [3.63, 3.8) is 0 Å². The first-order chi connectivity index (χ1) is 15.3. The normalized spacial score (nSPS) is 13.2. The summed E-state index contributed by atoms with van der Waals surface area (Å²) in [6.45, 7) is 11.7. The fourth-order valence-corrected chi connectivity index (χ4v) is 3.22. The van der Waals surface area contributed by atoms with Gasteiger partial charge in [-0.1, -0.05) is 13.8 Å². The van der Waals surface area contributed by atoms with Crippen LogP contribution in [-0.4, -0.2) is 47.0 Å². The Morgan fingerprint density at radius 3 is 2.24 bits per heavy atom. The predicted octanol–water partition coefficient (Wildman–Crippen LogP) is 4.79. The number of nitrogens with zero attached hydrogens (tertiary/aromatic N) is 3. The van der Waals surface area contributed by atoms with E-state index in [-0.39, 0.29) is 5.95 Å². The quantitative estimate of drug-likeness (QED) is 0.629. The Labute approximate surface area is 195 Å². The molecule has 2 rings (SSSR count). The van der Waals surface area contributed by atoms with Gasteiger partial charge in [0.2, 0.25) is 5.95 Å². The smallest absolute Gasteiger partial charge is 0.427 e. The maximum atomic E-state index is 12.6. The number of aromatic nitrogens is 2. The van der Waals surface area contributed by atoms with Crippen molar-refractivity contribution in [1.29, 1.82) is 0 Å². The number of carbonyl (C=O) groups excluding carboxylic acids is 2. The maximum absolute atomic E-state index is 12.6. The molecule has 2 N–H and O–H groups in total. The van der Waals surface area contributed by atoms with Gasteiger partial charge in [0.1, 0.15) is 18.0 Å². The molecule has 0 aliphatic rings. The fourth-order valence-electron chi connectivity index (χ4n) is 3.22. The van der Waals surface area contributed by atoms with Crippen LogP contribution in [0.4, 0.5) is 15.5 Å². The van der Waals surface area contributed by atoms with Gasteiger partial charge in [-0.3, -0.25) is 0 Å². The lowest BCUT2D eigenvalue weighted by molar-refractivity contribution is 0.0573. The van der Waals surface area contributed by atoms with Crippen LogP contribution >= 0.6 is 0 Å². The van der Waals surface area contributed by atoms with E-state index in [0.717, 1.165) is 19.1 Å². The molecule has 1 heterocycles. The molecule has 0 bridgehead atoms. The molecule has 1 atom stereocenters. The highest BCUT2D eigenvalue weighted by atomic mass is 16.6. The molecule has 9 nitrogen and oxygen atoms in total. The van der Waals surface area contributed by atoms with Gasteiger partial charge in [-0.15, -0.1) is 4.90 Å². The zero-order valence-electron chi connectivity index (χ0n) is 20.4. The highest BCUT2D eigenvalue weighted by Gasteiger charge is 2.32. The van der Waals surface area contributed by atoms with E-state index in [4.69, 9.17) is 19.9 Å². The van der Waals surface area contributed by atoms with Crippen LogP contribution in [-0.2, 0) is 9.47 Å². The van der Waals surface area contributed by atoms with Crippen LogP contribution in [0, 0.1) is 5.92 Å². The van der Waals surface area contributed by atoms with Crippen molar-refractivity contribution in [1.82, 2.24) is 9.97 Å². The molecule has 2 aromatic rings. The van der Waals surface area contributed by atoms with Crippen molar-refractivity contribution in [2.45, 2.75) is 59.1 Å². The monoisotopic (exact) mass is 458 g/mol. The number of hydrogen-bond donors (Lipinski definition) is 1. The zero-order valence-corrected chi connectivity index (χ0v) is 20.4. The van der Waals surface area contributed by atoms with Crippen molar-refractivity contribution in [3.05, 3.63) is 36.5 Å². The summed E-state index contributed by atoms with van der Waals surface area (Å²) in [5.74, 6) is 1.00. The molecule has 0 saturated carbocycles. The maximum Gasteiger partial charge on any atom is 0.427 e. The molecule has 2 amide bonds. The van der Waals surface area contributed by atoms with E-state index in [1.165, 1.54) is 6.20 Å². The third-order valence-electron chi connectivity index (χ3n) is 4.37. The average Bonchev–Trinajstić information content (AvgIpc) is 2.71. The Kier molecular flexibility index (Phi) is 8.38. The van der Waals surface area contributed by atoms with Gasteiger partial charge in [0.15, 0.2) is 0 Å². The molecule has 1 unspecified atom stereocenters. The van der Waals surface area contributed by atoms with Gasteiger partial charge in [-0.25, -0.2) is 19.6 Å². The van der Waals surface area contributed by atoms with Crippen LogP contribution in [0.5, 0.6) is 5.75 Å². The summed E-state index contributed by atoms with van der Waals surface area (Å²) in [5.41, 5.74) is 6.33. The number of benzene rings is 1. The summed E-state index contributed by atoms with van der Waals surface area (Å²) in [5, 5.41) is 0. The van der Waals surface area contributed by atoms with E-state index in [1.807, 2.05) is 31.2 Å². The number of carbonyl (C=O) groups is 2. The van der Waals surface area contributed by atoms with Crippen molar-refractivity contribution >= 4 is 18.1 Å². The minimum atomic E-state index is -0.948. The van der Waals surface area contributed by atoms with Gasteiger partial charge in [0.25, 0.3) is 0 Å². The number of methoxy groups -OCH3 is 1. The first-order valence-corrected chi connectivity index (χ1v) is 10.8. The largest absolute Gasteiger partial charge is 0.492 e. The highest BCUT2D eigenvalue weighted by Crippen LogP contribution is 2.24. The number of rotatable bonds is 7. The SMILES string of the molecule is COC(=O)N(C(=O)OC(C)(C)C)c1nccc(-c2ccc(OCC(C)(N)CC(C)C)cc2)n1. The second kappa shape index (κ2) is 10.6. The van der Waals surface area contributed by atoms with E-state index in [0.29, 0.717) is 28.9 Å². The predicted molar refractivity (Wildman–Crippen MR) is 126 cm³/mol. The molecule has 0 spiro atoms. The molecule has 0 radical (unpaired) electrons. The Morgan fingerprint density at radius 1 is 1.06 bits per heavy atom. The molecular weight excluding hydrogens is 424 g/mol. The number of nitrogens with two attached hydrogens (primary N) is 1. The van der Waals surface area contributed by atoms with E-state index < -0.39 is 23.3 Å². The van der Waals surface area contributed by atoms with Gasteiger partial charge >= 0.3 is 12.2 Å². The van der Waals surface area contributed by atoms with E-state index in [2.05, 4.69) is 23.8 Å². The summed E-state index contributed by atoms with van der Waals surface area (Å²) < 4.78 is 15.9. The summed E-state index contributed by atoms with van der Waals surface area (Å²) >= 11 is 0. The molecule has 1 aromatic heterocycles. The summed E-state index contributed by atoms with van der Waals surface area (Å²) in [7, 11) is 1.16. The molecule has 180 valence electrons. The van der Waals surface area contributed by atoms with Crippen molar-refractivity contribution < 1.29 is 23.8 Å². The summed E-state index contributed by atoms with van der Waals surface area (Å²) in [4.78, 5) is 33.9. The molecule has 33 heavy (non-hydrogen) atoms. The topological polar surface area (TPSA) is 117 Å². The third kappa shape index (κ3) is 8.02. The summed E-state index contributed by atoms with van der Waals surface area (Å²) in [6.07, 6.45) is 0.426. The van der Waals surface area contributed by atoms with E-state index >= 15 is 0 Å². The fraction of sp³-hybridized carbons (Fsp3) is 0.500. The zero-order chi connectivity index (χ0) is 24.8. The number of ether oxygens (including phenoxy) is 3. The van der Waals surface area contributed by atoms with Crippen LogP contribution in [0.25, 0.3) is 11.3 Å². The van der Waals surface area contributed by atoms with E-state index in [1.54, 1.807) is 26.8 Å². The molecular formula is C24H34N4O5. The first-order valence-electron chi connectivity index (χ1n) is 10.8. The van der Waals surface area contributed by atoms with Gasteiger partial charge < -0.3 is 19.9 Å². The first kappa shape index (κ1) is 26.1. The van der Waals surface area contributed by atoms with Crippen LogP contribution in [0.15, 0.2) is 36.5 Å². The molecule has 0 fully saturated rings. The van der Waals surface area contributed by atoms with Crippen LogP contribution in [0.2, 0.25) is 0 Å². The van der Waals surface area contributed by atoms with Crippen molar-refractivity contribution in [2.24, 2.45) is 11.7 Å². The second-order valence-electron chi connectivity index (χ2n) is 9.59. The highest BCUT2D eigenvalue weighted by molar-refractivity contribution is 6.08. The van der Waals surface area contributed by atoms with Gasteiger partial charge in [-0.2, -0.15) is 0 Å². The molecule has 9 heteroatoms. The Morgan fingerprint density at radius 2 is 1.70 bits per heavy atom. The number of anilines is 1. The number of amides is 2. The van der Waals surface area contributed by atoms with Crippen molar-refractivity contribution in [3.8, 4) is 17.0 Å². The van der Waals surface area contributed by atoms with Crippen LogP contribution in [0.1, 0.15) is 48.0 Å². The Hall–Kier alpha value is -3.20. The Bertz CT molecular complexity index is 952. The van der Waals surface area contributed by atoms with Crippen LogP contribution < -0.4 is 15.4 Å². The molecule has 1 aromatic carbocycles. The van der Waals surface area contributed by atoms with Crippen LogP contribution in [0.3, 0.4) is 0 Å². The average molecular weight is 459 g/mol. The van der Waals surface area contributed by atoms with Gasteiger partial charge in [0.05, 0.1) is 12.8 Å². The summed E-state index contributed by atoms with van der Waals surface area (Å²) in [6, 6.07) is 8.95. The Balaban J connectivity index is 2.22. The number of imide groups is 1. The second-order valence-corrected chi connectivity index (χ2v) is 9.59. The van der Waals surface area contributed by atoms with E-state index in [9.17, 15) is 9.59 Å². The third-order valence-corrected chi connectivity index (χ3v) is 4.37. The lowest BCUT2D eigenvalue weighted by Crippen LogP contribution is -2.43.